The van der Waals surface area contributed by atoms with E-state index < -0.39 is 66.3 Å². The van der Waals surface area contributed by atoms with E-state index in [-0.39, 0.29) is 24.3 Å². The van der Waals surface area contributed by atoms with Crippen LogP contribution in [0, 0.1) is 23.7 Å². The van der Waals surface area contributed by atoms with Gasteiger partial charge in [0.15, 0.2) is 6.61 Å². The summed E-state index contributed by atoms with van der Waals surface area (Å²) >= 11 is 0. The molecular weight excluding hydrogens is 476 g/mol. The maximum atomic E-state index is 13.5. The number of fused-ring (bicyclic) bond motifs is 1. The number of esters is 3. The van der Waals surface area contributed by atoms with Crippen molar-refractivity contribution >= 4 is 23.8 Å². The number of nitrogens with zero attached hydrogens (tertiary/aromatic N) is 1. The summed E-state index contributed by atoms with van der Waals surface area (Å²) in [5, 5.41) is 0. The molecule has 3 fully saturated rings. The summed E-state index contributed by atoms with van der Waals surface area (Å²) in [5.74, 6) is -7.02. The number of halogens is 2. The molecule has 6 atom stereocenters. The lowest BCUT2D eigenvalue weighted by Gasteiger charge is -2.40. The average molecular weight is 508 g/mol. The van der Waals surface area contributed by atoms with Crippen molar-refractivity contribution in [3.05, 3.63) is 30.3 Å². The molecule has 0 spiro atoms. The van der Waals surface area contributed by atoms with E-state index in [9.17, 15) is 28.0 Å². The van der Waals surface area contributed by atoms with Gasteiger partial charge in [0.05, 0.1) is 30.7 Å². The Bertz CT molecular complexity index is 1030. The van der Waals surface area contributed by atoms with E-state index in [4.69, 9.17) is 9.47 Å². The Morgan fingerprint density at radius 1 is 1.00 bits per heavy atom. The number of benzene rings is 1. The minimum Gasteiger partial charge on any atom is -0.460 e. The summed E-state index contributed by atoms with van der Waals surface area (Å²) < 4.78 is 41.6. The van der Waals surface area contributed by atoms with Gasteiger partial charge in [-0.05, 0) is 45.2 Å². The highest BCUT2D eigenvalue weighted by atomic mass is 19.3. The zero-order valence-corrected chi connectivity index (χ0v) is 20.7. The van der Waals surface area contributed by atoms with Gasteiger partial charge in [-0.1, -0.05) is 18.2 Å². The second-order valence-electron chi connectivity index (χ2n) is 10.9. The molecule has 1 amide bonds. The van der Waals surface area contributed by atoms with Crippen molar-refractivity contribution < 1.29 is 42.2 Å². The summed E-state index contributed by atoms with van der Waals surface area (Å²) in [6, 6.07) is 8.17. The number of amides is 1. The lowest BCUT2D eigenvalue weighted by molar-refractivity contribution is -0.163. The molecule has 0 N–H and O–H groups in total. The van der Waals surface area contributed by atoms with Crippen LogP contribution in [0.15, 0.2) is 30.3 Å². The van der Waals surface area contributed by atoms with Gasteiger partial charge in [0.25, 0.3) is 5.92 Å². The molecule has 6 unspecified atom stereocenters. The van der Waals surface area contributed by atoms with Gasteiger partial charge in [0, 0.05) is 18.4 Å². The molecule has 3 aliphatic rings. The Hall–Kier alpha value is -3.04. The first-order valence-corrected chi connectivity index (χ1v) is 12.1. The smallest absolute Gasteiger partial charge is 0.315 e. The Kier molecular flexibility index (Phi) is 6.83. The van der Waals surface area contributed by atoms with Crippen molar-refractivity contribution in [2.24, 2.45) is 23.7 Å². The van der Waals surface area contributed by atoms with E-state index in [0.29, 0.717) is 19.1 Å². The number of ether oxygens (including phenoxy) is 3. The maximum absolute atomic E-state index is 13.5. The number of hydrogen-bond donors (Lipinski definition) is 0. The van der Waals surface area contributed by atoms with Crippen molar-refractivity contribution in [1.29, 1.82) is 0 Å². The normalized spacial score (nSPS) is 28.8. The molecule has 0 radical (unpaired) electrons. The number of likely N-dealkylation sites (tertiary alicyclic amines) is 1. The van der Waals surface area contributed by atoms with Crippen molar-refractivity contribution in [3.63, 3.8) is 0 Å². The predicted molar refractivity (Wildman–Crippen MR) is 122 cm³/mol. The van der Waals surface area contributed by atoms with Crippen molar-refractivity contribution in [1.82, 2.24) is 4.90 Å². The molecule has 10 heteroatoms. The highest BCUT2D eigenvalue weighted by Crippen LogP contribution is 2.61. The van der Waals surface area contributed by atoms with Crippen LogP contribution in [0.2, 0.25) is 0 Å². The zero-order valence-electron chi connectivity index (χ0n) is 20.7. The molecule has 196 valence electrons. The molecule has 0 aromatic heterocycles. The number of alkyl halides is 2. The lowest BCUT2D eigenvalue weighted by atomic mass is 9.78. The highest BCUT2D eigenvalue weighted by Gasteiger charge is 2.72. The molecule has 1 aromatic carbocycles. The minimum absolute atomic E-state index is 0.155. The Morgan fingerprint density at radius 3 is 2.25 bits per heavy atom. The molecule has 36 heavy (non-hydrogen) atoms. The Labute approximate surface area is 208 Å². The number of carbonyl (C=O) groups is 4. The first-order valence-electron chi connectivity index (χ1n) is 12.1. The molecule has 2 saturated carbocycles. The van der Waals surface area contributed by atoms with Crippen molar-refractivity contribution in [3.8, 4) is 5.75 Å². The quantitative estimate of drug-likeness (QED) is 0.393. The van der Waals surface area contributed by atoms with Gasteiger partial charge < -0.3 is 19.1 Å². The monoisotopic (exact) mass is 507 g/mol. The van der Waals surface area contributed by atoms with Gasteiger partial charge in [-0.25, -0.2) is 8.78 Å². The van der Waals surface area contributed by atoms with Crippen LogP contribution >= 0.6 is 0 Å². The molecule has 2 aliphatic carbocycles. The Morgan fingerprint density at radius 2 is 1.64 bits per heavy atom. The third kappa shape index (κ3) is 5.08. The van der Waals surface area contributed by atoms with E-state index >= 15 is 0 Å². The summed E-state index contributed by atoms with van der Waals surface area (Å²) in [6.45, 7) is 5.22. The maximum Gasteiger partial charge on any atom is 0.315 e. The highest BCUT2D eigenvalue weighted by molar-refractivity contribution is 5.91. The van der Waals surface area contributed by atoms with Gasteiger partial charge in [-0.3, -0.25) is 19.2 Å². The largest absolute Gasteiger partial charge is 0.460 e. The van der Waals surface area contributed by atoms with E-state index in [1.807, 2.05) is 20.8 Å². The number of rotatable bonds is 8. The Balaban J connectivity index is 1.49. The van der Waals surface area contributed by atoms with Crippen LogP contribution in [-0.2, 0) is 28.7 Å². The lowest BCUT2D eigenvalue weighted by Crippen LogP contribution is -2.53. The van der Waals surface area contributed by atoms with Gasteiger partial charge in [0.2, 0.25) is 5.91 Å². The van der Waals surface area contributed by atoms with Gasteiger partial charge >= 0.3 is 17.9 Å². The van der Waals surface area contributed by atoms with Crippen molar-refractivity contribution in [2.75, 3.05) is 6.61 Å². The summed E-state index contributed by atoms with van der Waals surface area (Å²) in [6.07, 6.45) is -0.979. The van der Waals surface area contributed by atoms with Crippen LogP contribution in [0.3, 0.4) is 0 Å². The van der Waals surface area contributed by atoms with Crippen LogP contribution in [0.25, 0.3) is 0 Å². The van der Waals surface area contributed by atoms with E-state index in [1.54, 1.807) is 35.2 Å². The summed E-state index contributed by atoms with van der Waals surface area (Å²) in [5.41, 5.74) is -0.568. The molecule has 4 rings (SSSR count). The summed E-state index contributed by atoms with van der Waals surface area (Å²) in [7, 11) is 0. The van der Waals surface area contributed by atoms with E-state index in [2.05, 4.69) is 4.74 Å². The second kappa shape index (κ2) is 9.44. The topological polar surface area (TPSA) is 99.2 Å². The molecular formula is C26H31F2NO7. The molecule has 2 bridgehead atoms. The fourth-order valence-corrected chi connectivity index (χ4v) is 5.93. The molecule has 1 aliphatic heterocycles. The number of carbonyl (C=O) groups excluding carboxylic acids is 4. The zero-order chi connectivity index (χ0) is 26.4. The predicted octanol–water partition coefficient (Wildman–Crippen LogP) is 3.37. The standard InChI is InChI=1S/C26H31F2NO7/c1-25(2,3)29-21-15-12-16(22(21)36-18(31)11-10-17(30)34-13-26(4,27)28)20(19(15)23(29)32)24(33)35-14-8-6-5-7-9-14/h5-9,15-16,19-22H,10-13H2,1-4H3. The van der Waals surface area contributed by atoms with E-state index in [1.165, 1.54) is 0 Å². The molecule has 1 saturated heterocycles. The third-order valence-corrected chi connectivity index (χ3v) is 7.12. The van der Waals surface area contributed by atoms with Crippen LogP contribution in [0.1, 0.15) is 47.0 Å². The van der Waals surface area contributed by atoms with Gasteiger partial charge in [-0.2, -0.15) is 0 Å². The van der Waals surface area contributed by atoms with Crippen LogP contribution in [0.5, 0.6) is 5.75 Å². The number of hydrogen-bond acceptors (Lipinski definition) is 7. The first kappa shape index (κ1) is 26.0. The van der Waals surface area contributed by atoms with Gasteiger partial charge in [-0.15, -0.1) is 0 Å². The summed E-state index contributed by atoms with van der Waals surface area (Å²) in [4.78, 5) is 52.9. The minimum atomic E-state index is -3.16. The van der Waals surface area contributed by atoms with Crippen LogP contribution in [0.4, 0.5) is 8.78 Å². The molecule has 8 nitrogen and oxygen atoms in total. The SMILES string of the molecule is CC(F)(F)COC(=O)CCC(=O)OC1C2CC3C(C(=O)N(C(C)(C)C)C31)C2C(=O)Oc1ccccc1. The molecule has 1 heterocycles. The van der Waals surface area contributed by atoms with Crippen LogP contribution < -0.4 is 4.74 Å². The molecule has 1 aromatic rings. The average Bonchev–Trinajstić information content (AvgIpc) is 3.39. The number of para-hydroxylation sites is 1. The third-order valence-electron chi connectivity index (χ3n) is 7.12. The fraction of sp³-hybridized carbons (Fsp3) is 0.615. The second-order valence-corrected chi connectivity index (χ2v) is 10.9. The fourth-order valence-electron chi connectivity index (χ4n) is 5.93. The van der Waals surface area contributed by atoms with Crippen molar-refractivity contribution in [2.45, 2.75) is 70.6 Å². The van der Waals surface area contributed by atoms with E-state index in [0.717, 1.165) is 0 Å². The first-order chi connectivity index (χ1) is 16.8. The van der Waals surface area contributed by atoms with Crippen LogP contribution in [-0.4, -0.2) is 58.9 Å². The van der Waals surface area contributed by atoms with Gasteiger partial charge in [0.1, 0.15) is 11.9 Å².